The molecular weight excluding hydrogens is 404 g/mol. The van der Waals surface area contributed by atoms with E-state index in [1.54, 1.807) is 25.1 Å². The molecular formula is C22H28N2O5S. The van der Waals surface area contributed by atoms with Crippen molar-refractivity contribution in [3.05, 3.63) is 59.2 Å². The zero-order valence-corrected chi connectivity index (χ0v) is 18.7. The number of anilines is 1. The molecule has 0 heterocycles. The molecule has 0 fully saturated rings. The summed E-state index contributed by atoms with van der Waals surface area (Å²) in [5.74, 6) is -0.963. The zero-order valence-electron chi connectivity index (χ0n) is 17.9. The van der Waals surface area contributed by atoms with Crippen LogP contribution in [0.5, 0.6) is 0 Å². The van der Waals surface area contributed by atoms with Crippen molar-refractivity contribution in [3.8, 4) is 0 Å². The molecule has 0 aliphatic rings. The van der Waals surface area contributed by atoms with Crippen LogP contribution in [-0.2, 0) is 19.6 Å². The van der Waals surface area contributed by atoms with Gasteiger partial charge in [0.25, 0.3) is 15.9 Å². The lowest BCUT2D eigenvalue weighted by Crippen LogP contribution is -2.52. The number of hydrogen-bond donors (Lipinski definition) is 2. The fourth-order valence-corrected chi connectivity index (χ4v) is 4.19. The quantitative estimate of drug-likeness (QED) is 0.621. The molecule has 8 heteroatoms. The third-order valence-corrected chi connectivity index (χ3v) is 6.34. The minimum absolute atomic E-state index is 0.167. The van der Waals surface area contributed by atoms with E-state index >= 15 is 0 Å². The smallest absolute Gasteiger partial charge is 0.331 e. The van der Waals surface area contributed by atoms with Gasteiger partial charge in [0.15, 0.2) is 0 Å². The summed E-state index contributed by atoms with van der Waals surface area (Å²) in [5, 5.41) is 2.71. The summed E-state index contributed by atoms with van der Waals surface area (Å²) in [5.41, 5.74) is 1.38. The lowest BCUT2D eigenvalue weighted by molar-refractivity contribution is -0.147. The highest BCUT2D eigenvalue weighted by Crippen LogP contribution is 2.20. The van der Waals surface area contributed by atoms with Gasteiger partial charge in [-0.2, -0.15) is 0 Å². The number of carbonyl (C=O) groups excluding carboxylic acids is 2. The second kappa shape index (κ2) is 9.30. The van der Waals surface area contributed by atoms with Gasteiger partial charge in [0.1, 0.15) is 5.54 Å². The van der Waals surface area contributed by atoms with E-state index in [1.165, 1.54) is 31.4 Å². The van der Waals surface area contributed by atoms with E-state index in [0.29, 0.717) is 24.1 Å². The molecule has 1 unspecified atom stereocenters. The monoisotopic (exact) mass is 432 g/mol. The topological polar surface area (TPSA) is 102 Å². The molecule has 30 heavy (non-hydrogen) atoms. The van der Waals surface area contributed by atoms with Gasteiger partial charge < -0.3 is 10.1 Å². The second-order valence-corrected chi connectivity index (χ2v) is 9.14. The average molecular weight is 433 g/mol. The molecule has 1 amide bonds. The highest BCUT2D eigenvalue weighted by atomic mass is 32.2. The van der Waals surface area contributed by atoms with Crippen LogP contribution in [0.3, 0.4) is 0 Å². The van der Waals surface area contributed by atoms with Crippen molar-refractivity contribution in [2.24, 2.45) is 0 Å². The van der Waals surface area contributed by atoms with Crippen molar-refractivity contribution in [1.29, 1.82) is 0 Å². The number of carbonyl (C=O) groups is 2. The van der Waals surface area contributed by atoms with Crippen molar-refractivity contribution in [2.45, 2.75) is 51.0 Å². The third kappa shape index (κ3) is 5.38. The van der Waals surface area contributed by atoms with Gasteiger partial charge in [-0.1, -0.05) is 19.4 Å². The van der Waals surface area contributed by atoms with Crippen LogP contribution in [0.1, 0.15) is 48.2 Å². The molecule has 0 aliphatic heterocycles. The highest BCUT2D eigenvalue weighted by Gasteiger charge is 2.35. The van der Waals surface area contributed by atoms with Gasteiger partial charge in [0, 0.05) is 11.3 Å². The fraction of sp³-hybridized carbons (Fsp3) is 0.364. The molecule has 2 rings (SSSR count). The first-order valence-corrected chi connectivity index (χ1v) is 11.1. The molecule has 0 aromatic heterocycles. The Morgan fingerprint density at radius 3 is 2.20 bits per heavy atom. The van der Waals surface area contributed by atoms with Crippen molar-refractivity contribution in [2.75, 3.05) is 11.8 Å². The number of aryl methyl sites for hydroxylation is 2. The van der Waals surface area contributed by atoms with Crippen LogP contribution in [0, 0.1) is 13.8 Å². The molecule has 2 aromatic rings. The number of esters is 1. The SMILES string of the molecule is CCCC(C)(NC(=O)c1ccc(NS(=O)(=O)c2ccc(C)c(C)c2)cc1)C(=O)OC. The van der Waals surface area contributed by atoms with Gasteiger partial charge in [0.05, 0.1) is 12.0 Å². The standard InChI is InChI=1S/C22H28N2O5S/c1-6-13-22(4,21(26)29-5)23-20(25)17-8-10-18(11-9-17)24-30(27,28)19-12-7-15(2)16(3)14-19/h7-12,14,24H,6,13H2,1-5H3,(H,23,25). The molecule has 7 nitrogen and oxygen atoms in total. The van der Waals surface area contributed by atoms with E-state index in [1.807, 2.05) is 20.8 Å². The Morgan fingerprint density at radius 2 is 1.67 bits per heavy atom. The predicted octanol–water partition coefficient (Wildman–Crippen LogP) is 3.57. The van der Waals surface area contributed by atoms with Crippen molar-refractivity contribution >= 4 is 27.6 Å². The van der Waals surface area contributed by atoms with Crippen LogP contribution in [0.15, 0.2) is 47.4 Å². The molecule has 2 N–H and O–H groups in total. The normalized spacial score (nSPS) is 13.2. The minimum atomic E-state index is -3.75. The highest BCUT2D eigenvalue weighted by molar-refractivity contribution is 7.92. The van der Waals surface area contributed by atoms with Crippen molar-refractivity contribution in [1.82, 2.24) is 5.32 Å². The Hall–Kier alpha value is -2.87. The number of benzene rings is 2. The fourth-order valence-electron chi connectivity index (χ4n) is 3.05. The summed E-state index contributed by atoms with van der Waals surface area (Å²) < 4.78 is 32.5. The van der Waals surface area contributed by atoms with Crippen LogP contribution in [0.4, 0.5) is 5.69 Å². The van der Waals surface area contributed by atoms with E-state index in [9.17, 15) is 18.0 Å². The molecule has 0 saturated carbocycles. The lowest BCUT2D eigenvalue weighted by atomic mass is 9.95. The Balaban J connectivity index is 2.16. The molecule has 1 atom stereocenters. The van der Waals surface area contributed by atoms with Crippen LogP contribution < -0.4 is 10.0 Å². The zero-order chi connectivity index (χ0) is 22.5. The molecule has 162 valence electrons. The molecule has 0 aliphatic carbocycles. The average Bonchev–Trinajstić information content (AvgIpc) is 2.69. The number of nitrogens with one attached hydrogen (secondary N) is 2. The molecule has 2 aromatic carbocycles. The summed E-state index contributed by atoms with van der Waals surface area (Å²) in [4.78, 5) is 24.8. The summed E-state index contributed by atoms with van der Waals surface area (Å²) in [6, 6.07) is 10.9. The van der Waals surface area contributed by atoms with E-state index in [2.05, 4.69) is 10.0 Å². The number of ether oxygens (including phenoxy) is 1. The number of hydrogen-bond acceptors (Lipinski definition) is 5. The first-order chi connectivity index (χ1) is 14.0. The maximum atomic E-state index is 12.6. The van der Waals surface area contributed by atoms with E-state index in [4.69, 9.17) is 4.74 Å². The Kier molecular flexibility index (Phi) is 7.25. The van der Waals surface area contributed by atoms with Gasteiger partial charge in [-0.15, -0.1) is 0 Å². The van der Waals surface area contributed by atoms with Crippen LogP contribution in [0.2, 0.25) is 0 Å². The first-order valence-electron chi connectivity index (χ1n) is 9.63. The van der Waals surface area contributed by atoms with Gasteiger partial charge in [-0.25, -0.2) is 13.2 Å². The van der Waals surface area contributed by atoms with Gasteiger partial charge in [-0.05, 0) is 74.7 Å². The largest absolute Gasteiger partial charge is 0.467 e. The summed E-state index contributed by atoms with van der Waals surface area (Å²) in [6.45, 7) is 7.28. The van der Waals surface area contributed by atoms with Crippen molar-refractivity contribution in [3.63, 3.8) is 0 Å². The third-order valence-electron chi connectivity index (χ3n) is 4.96. The maximum Gasteiger partial charge on any atom is 0.331 e. The van der Waals surface area contributed by atoms with E-state index in [-0.39, 0.29) is 4.90 Å². The Bertz CT molecular complexity index is 1030. The van der Waals surface area contributed by atoms with Crippen LogP contribution in [0.25, 0.3) is 0 Å². The van der Waals surface area contributed by atoms with Crippen LogP contribution >= 0.6 is 0 Å². The Morgan fingerprint density at radius 1 is 1.03 bits per heavy atom. The summed E-state index contributed by atoms with van der Waals surface area (Å²) in [7, 11) is -2.47. The number of rotatable bonds is 8. The van der Waals surface area contributed by atoms with Gasteiger partial charge in [-0.3, -0.25) is 9.52 Å². The Labute approximate surface area is 177 Å². The minimum Gasteiger partial charge on any atom is -0.467 e. The lowest BCUT2D eigenvalue weighted by Gasteiger charge is -2.27. The predicted molar refractivity (Wildman–Crippen MR) is 116 cm³/mol. The summed E-state index contributed by atoms with van der Waals surface area (Å²) in [6.07, 6.45) is 1.12. The van der Waals surface area contributed by atoms with Crippen molar-refractivity contribution < 1.29 is 22.7 Å². The second-order valence-electron chi connectivity index (χ2n) is 7.46. The van der Waals surface area contributed by atoms with Gasteiger partial charge >= 0.3 is 5.97 Å². The van der Waals surface area contributed by atoms with E-state index < -0.39 is 27.4 Å². The molecule has 0 saturated heterocycles. The van der Waals surface area contributed by atoms with Gasteiger partial charge in [0.2, 0.25) is 0 Å². The van der Waals surface area contributed by atoms with Crippen LogP contribution in [-0.4, -0.2) is 32.9 Å². The maximum absolute atomic E-state index is 12.6. The first kappa shape index (κ1) is 23.4. The number of methoxy groups -OCH3 is 1. The molecule has 0 radical (unpaired) electrons. The van der Waals surface area contributed by atoms with E-state index in [0.717, 1.165) is 11.1 Å². The number of sulfonamides is 1. The summed E-state index contributed by atoms with van der Waals surface area (Å²) >= 11 is 0. The molecule has 0 spiro atoms. The number of amides is 1. The molecule has 0 bridgehead atoms.